The fourth-order valence-corrected chi connectivity index (χ4v) is 2.69. The van der Waals surface area contributed by atoms with Gasteiger partial charge in [0.15, 0.2) is 24.7 Å². The minimum absolute atomic E-state index is 0.0866. The zero-order valence-corrected chi connectivity index (χ0v) is 20.5. The monoisotopic (exact) mass is 472 g/mol. The van der Waals surface area contributed by atoms with Gasteiger partial charge in [0.2, 0.25) is 0 Å². The molecule has 8 nitrogen and oxygen atoms in total. The van der Waals surface area contributed by atoms with Gasteiger partial charge in [-0.25, -0.2) is 14.4 Å². The van der Waals surface area contributed by atoms with E-state index in [1.54, 1.807) is 41.5 Å². The van der Waals surface area contributed by atoms with Crippen LogP contribution >= 0.6 is 0 Å². The van der Waals surface area contributed by atoms with E-state index in [-0.39, 0.29) is 30.3 Å². The minimum atomic E-state index is -0.681. The average Bonchev–Trinajstić information content (AvgIpc) is 2.73. The molecule has 0 heterocycles. The molecular weight excluding hydrogens is 440 g/mol. The van der Waals surface area contributed by atoms with Gasteiger partial charge in [-0.05, 0) is 65.3 Å². The molecular formula is C26H32O8. The molecule has 2 aromatic rings. The molecule has 34 heavy (non-hydrogen) atoms. The summed E-state index contributed by atoms with van der Waals surface area (Å²) in [5, 5.41) is 0. The lowest BCUT2D eigenvalue weighted by molar-refractivity contribution is -0.158. The van der Waals surface area contributed by atoms with Gasteiger partial charge in [0.05, 0.1) is 5.56 Å². The van der Waals surface area contributed by atoms with E-state index in [2.05, 4.69) is 0 Å². The predicted octanol–water partition coefficient (Wildman–Crippen LogP) is 4.48. The van der Waals surface area contributed by atoms with Gasteiger partial charge in [-0.1, -0.05) is 30.3 Å². The van der Waals surface area contributed by atoms with E-state index in [1.165, 1.54) is 18.2 Å². The summed E-state index contributed by atoms with van der Waals surface area (Å²) in [5.74, 6) is -1.50. The molecule has 0 unspecified atom stereocenters. The topological polar surface area (TPSA) is 97.4 Å². The van der Waals surface area contributed by atoms with Crippen molar-refractivity contribution in [2.24, 2.45) is 0 Å². The second-order valence-electron chi connectivity index (χ2n) is 9.47. The first-order chi connectivity index (χ1) is 15.8. The zero-order valence-electron chi connectivity index (χ0n) is 20.5. The molecule has 0 amide bonds. The first kappa shape index (κ1) is 26.7. The van der Waals surface area contributed by atoms with Crippen molar-refractivity contribution in [2.45, 2.75) is 59.4 Å². The van der Waals surface area contributed by atoms with Gasteiger partial charge in [-0.15, -0.1) is 0 Å². The largest absolute Gasteiger partial charge is 0.478 e. The van der Waals surface area contributed by atoms with Crippen LogP contribution in [0.15, 0.2) is 48.5 Å². The van der Waals surface area contributed by atoms with Crippen LogP contribution in [0, 0.1) is 0 Å². The molecule has 0 saturated carbocycles. The van der Waals surface area contributed by atoms with Gasteiger partial charge >= 0.3 is 17.9 Å². The molecule has 0 aliphatic rings. The Balaban J connectivity index is 2.13. The van der Waals surface area contributed by atoms with Gasteiger partial charge in [-0.2, -0.15) is 0 Å². The molecule has 2 rings (SSSR count). The lowest BCUT2D eigenvalue weighted by Crippen LogP contribution is -2.28. The third kappa shape index (κ3) is 9.94. The highest BCUT2D eigenvalue weighted by Crippen LogP contribution is 2.29. The van der Waals surface area contributed by atoms with Crippen LogP contribution in [0.3, 0.4) is 0 Å². The highest BCUT2D eigenvalue weighted by atomic mass is 16.6. The number of benzene rings is 2. The van der Waals surface area contributed by atoms with Crippen molar-refractivity contribution in [3.05, 3.63) is 59.7 Å². The molecule has 0 atom stereocenters. The van der Waals surface area contributed by atoms with Crippen molar-refractivity contribution < 1.29 is 38.1 Å². The van der Waals surface area contributed by atoms with Crippen molar-refractivity contribution in [1.29, 1.82) is 0 Å². The van der Waals surface area contributed by atoms with Gasteiger partial charge in [0, 0.05) is 0 Å². The predicted molar refractivity (Wildman–Crippen MR) is 125 cm³/mol. The first-order valence-electron chi connectivity index (χ1n) is 10.9. The van der Waals surface area contributed by atoms with Crippen molar-refractivity contribution in [3.8, 4) is 11.5 Å². The van der Waals surface area contributed by atoms with Crippen LogP contribution in [-0.2, 0) is 30.4 Å². The molecule has 0 bridgehead atoms. The number of carbonyl (C=O) groups is 3. The fourth-order valence-electron chi connectivity index (χ4n) is 2.69. The Hall–Kier alpha value is -3.55. The first-order valence-corrected chi connectivity index (χ1v) is 10.9. The van der Waals surface area contributed by atoms with Crippen LogP contribution in [0.25, 0.3) is 0 Å². The molecule has 2 aromatic carbocycles. The maximum atomic E-state index is 12.5. The second-order valence-corrected chi connectivity index (χ2v) is 9.47. The summed E-state index contributed by atoms with van der Waals surface area (Å²) in [5.41, 5.74) is -0.308. The van der Waals surface area contributed by atoms with Gasteiger partial charge < -0.3 is 23.7 Å². The van der Waals surface area contributed by atoms with Crippen LogP contribution in [0.4, 0.5) is 0 Å². The minimum Gasteiger partial charge on any atom is -0.478 e. The van der Waals surface area contributed by atoms with Crippen molar-refractivity contribution in [2.75, 3.05) is 13.2 Å². The SMILES string of the molecule is CC(C)(C)OC(=O)COc1ccc(C(=O)OCc2ccccc2)cc1OCC(=O)OC(C)(C)C. The van der Waals surface area contributed by atoms with Crippen molar-refractivity contribution >= 4 is 17.9 Å². The molecule has 0 aromatic heterocycles. The molecule has 184 valence electrons. The Morgan fingerprint density at radius 3 is 1.76 bits per heavy atom. The standard InChI is InChI=1S/C26H32O8/c1-25(2,3)33-22(27)16-30-20-13-12-19(24(29)32-15-18-10-8-7-9-11-18)14-21(20)31-17-23(28)34-26(4,5)6/h7-14H,15-17H2,1-6H3. The van der Waals surface area contributed by atoms with E-state index < -0.39 is 35.7 Å². The number of hydrogen-bond donors (Lipinski definition) is 0. The van der Waals surface area contributed by atoms with Crippen LogP contribution < -0.4 is 9.47 Å². The van der Waals surface area contributed by atoms with E-state index in [0.717, 1.165) is 5.56 Å². The molecule has 0 N–H and O–H groups in total. The van der Waals surface area contributed by atoms with Crippen LogP contribution in [0.1, 0.15) is 57.5 Å². The van der Waals surface area contributed by atoms with Gasteiger partial charge in [0.1, 0.15) is 17.8 Å². The Bertz CT molecular complexity index is 984. The summed E-state index contributed by atoms with van der Waals surface area (Å²) in [4.78, 5) is 36.7. The number of hydrogen-bond acceptors (Lipinski definition) is 8. The number of carbonyl (C=O) groups excluding carboxylic acids is 3. The summed E-state index contributed by atoms with van der Waals surface area (Å²) >= 11 is 0. The molecule has 0 saturated heterocycles. The average molecular weight is 473 g/mol. The van der Waals surface area contributed by atoms with Crippen LogP contribution in [0.2, 0.25) is 0 Å². The van der Waals surface area contributed by atoms with Gasteiger partial charge in [0.25, 0.3) is 0 Å². The maximum Gasteiger partial charge on any atom is 0.344 e. The highest BCUT2D eigenvalue weighted by molar-refractivity contribution is 5.90. The molecule has 0 aliphatic carbocycles. The molecule has 0 radical (unpaired) electrons. The highest BCUT2D eigenvalue weighted by Gasteiger charge is 2.21. The lowest BCUT2D eigenvalue weighted by atomic mass is 10.2. The van der Waals surface area contributed by atoms with E-state index in [9.17, 15) is 14.4 Å². The smallest absolute Gasteiger partial charge is 0.344 e. The quantitative estimate of drug-likeness (QED) is 0.389. The normalized spacial score (nSPS) is 11.4. The maximum absolute atomic E-state index is 12.5. The van der Waals surface area contributed by atoms with E-state index in [4.69, 9.17) is 23.7 Å². The van der Waals surface area contributed by atoms with Crippen LogP contribution in [0.5, 0.6) is 11.5 Å². The number of esters is 3. The van der Waals surface area contributed by atoms with E-state index in [1.807, 2.05) is 30.3 Å². The summed E-state index contributed by atoms with van der Waals surface area (Å²) in [6, 6.07) is 13.6. The van der Waals surface area contributed by atoms with E-state index in [0.29, 0.717) is 0 Å². The second kappa shape index (κ2) is 11.5. The Morgan fingerprint density at radius 1 is 0.706 bits per heavy atom. The molecule has 8 heteroatoms. The zero-order chi connectivity index (χ0) is 25.4. The van der Waals surface area contributed by atoms with Gasteiger partial charge in [-0.3, -0.25) is 0 Å². The van der Waals surface area contributed by atoms with Crippen molar-refractivity contribution in [1.82, 2.24) is 0 Å². The number of rotatable bonds is 9. The fraction of sp³-hybridized carbons (Fsp3) is 0.423. The molecule has 0 aliphatic heterocycles. The third-order valence-corrected chi connectivity index (χ3v) is 3.92. The van der Waals surface area contributed by atoms with Crippen molar-refractivity contribution in [3.63, 3.8) is 0 Å². The summed E-state index contributed by atoms with van der Waals surface area (Å²) < 4.78 is 26.9. The summed E-state index contributed by atoms with van der Waals surface area (Å²) in [6.07, 6.45) is 0. The summed E-state index contributed by atoms with van der Waals surface area (Å²) in [6.45, 7) is 9.77. The molecule has 0 spiro atoms. The third-order valence-electron chi connectivity index (χ3n) is 3.92. The Labute approximate surface area is 200 Å². The Morgan fingerprint density at radius 2 is 1.24 bits per heavy atom. The number of ether oxygens (including phenoxy) is 5. The Kier molecular flexibility index (Phi) is 9.06. The van der Waals surface area contributed by atoms with E-state index >= 15 is 0 Å². The molecule has 0 fully saturated rings. The summed E-state index contributed by atoms with van der Waals surface area (Å²) in [7, 11) is 0. The lowest BCUT2D eigenvalue weighted by Gasteiger charge is -2.21. The van der Waals surface area contributed by atoms with Crippen LogP contribution in [-0.4, -0.2) is 42.3 Å².